The van der Waals surface area contributed by atoms with E-state index in [0.717, 1.165) is 11.1 Å². The quantitative estimate of drug-likeness (QED) is 0.650. The van der Waals surface area contributed by atoms with Crippen LogP contribution in [0.3, 0.4) is 0 Å². The molecule has 3 aromatic carbocycles. The zero-order chi connectivity index (χ0) is 20.1. The minimum absolute atomic E-state index is 0.0205. The first-order valence-electron chi connectivity index (χ1n) is 8.71. The summed E-state index contributed by atoms with van der Waals surface area (Å²) < 4.78 is 32.4. The molecule has 0 radical (unpaired) electrons. The summed E-state index contributed by atoms with van der Waals surface area (Å²) in [6.07, 6.45) is 0.0884. The van der Waals surface area contributed by atoms with Crippen molar-refractivity contribution in [1.29, 1.82) is 0 Å². The van der Waals surface area contributed by atoms with Crippen molar-refractivity contribution in [3.8, 4) is 5.75 Å². The van der Waals surface area contributed by atoms with Gasteiger partial charge in [-0.05, 0) is 42.3 Å². The van der Waals surface area contributed by atoms with E-state index in [2.05, 4.69) is 0 Å². The van der Waals surface area contributed by atoms with Crippen molar-refractivity contribution >= 4 is 15.8 Å². The first-order valence-corrected chi connectivity index (χ1v) is 10.3. The molecule has 1 N–H and O–H groups in total. The highest BCUT2D eigenvalue weighted by Gasteiger charge is 2.31. The minimum atomic E-state index is -3.88. The monoisotopic (exact) mass is 396 g/mol. The average Bonchev–Trinajstić information content (AvgIpc) is 2.68. The molecule has 1 unspecified atom stereocenters. The Labute approximate surface area is 164 Å². The molecule has 144 valence electrons. The van der Waals surface area contributed by atoms with Gasteiger partial charge < -0.3 is 9.84 Å². The van der Waals surface area contributed by atoms with Gasteiger partial charge in [-0.2, -0.15) is 0 Å². The van der Waals surface area contributed by atoms with Gasteiger partial charge >= 0.3 is 5.97 Å². The lowest BCUT2D eigenvalue weighted by molar-refractivity contribution is 0.0691. The predicted octanol–water partition coefficient (Wildman–Crippen LogP) is 4.11. The molecule has 0 spiro atoms. The maximum Gasteiger partial charge on any atom is 0.339 e. The summed E-state index contributed by atoms with van der Waals surface area (Å²) in [6, 6.07) is 21.7. The highest BCUT2D eigenvalue weighted by molar-refractivity contribution is 7.92. The Kier molecular flexibility index (Phi) is 5.80. The number of ether oxygens (including phenoxy) is 1. The number of aromatic carboxylic acids is 1. The highest BCUT2D eigenvalue weighted by atomic mass is 32.2. The highest BCUT2D eigenvalue weighted by Crippen LogP contribution is 2.26. The molecule has 0 bridgehead atoms. The van der Waals surface area contributed by atoms with Gasteiger partial charge in [0.25, 0.3) is 0 Å². The van der Waals surface area contributed by atoms with E-state index in [9.17, 15) is 18.3 Å². The number of carbonyl (C=O) groups is 1. The molecule has 0 fully saturated rings. The SMILES string of the molecule is Cc1cccc(S(=O)(=O)C(Cc2ccccc2)Oc2ccccc2C(=O)O)c1. The van der Waals surface area contributed by atoms with Crippen LogP contribution >= 0.6 is 0 Å². The van der Waals surface area contributed by atoms with Gasteiger partial charge in [0.15, 0.2) is 0 Å². The van der Waals surface area contributed by atoms with E-state index in [0.29, 0.717) is 0 Å². The molecule has 6 heteroatoms. The Morgan fingerprint density at radius 2 is 1.64 bits per heavy atom. The summed E-state index contributed by atoms with van der Waals surface area (Å²) >= 11 is 0. The smallest absolute Gasteiger partial charge is 0.339 e. The third kappa shape index (κ3) is 4.40. The van der Waals surface area contributed by atoms with Gasteiger partial charge in [0.1, 0.15) is 11.3 Å². The molecule has 28 heavy (non-hydrogen) atoms. The number of carboxylic acid groups (broad SMARTS) is 1. The van der Waals surface area contributed by atoms with Crippen LogP contribution in [0.5, 0.6) is 5.75 Å². The number of sulfone groups is 1. The van der Waals surface area contributed by atoms with E-state index in [1.165, 1.54) is 18.2 Å². The first kappa shape index (κ1) is 19.6. The van der Waals surface area contributed by atoms with Crippen LogP contribution in [0, 0.1) is 6.92 Å². The summed E-state index contributed by atoms with van der Waals surface area (Å²) in [6.45, 7) is 1.81. The van der Waals surface area contributed by atoms with Crippen LogP contribution in [0.1, 0.15) is 21.5 Å². The molecule has 0 heterocycles. The molecule has 0 aliphatic carbocycles. The van der Waals surface area contributed by atoms with Crippen LogP contribution in [-0.4, -0.2) is 24.9 Å². The lowest BCUT2D eigenvalue weighted by Gasteiger charge is -2.21. The predicted molar refractivity (Wildman–Crippen MR) is 106 cm³/mol. The summed E-state index contributed by atoms with van der Waals surface area (Å²) in [5.41, 5.74) is 0.235. The van der Waals surface area contributed by atoms with E-state index in [4.69, 9.17) is 4.74 Å². The molecule has 3 aromatic rings. The third-order valence-corrected chi connectivity index (χ3v) is 6.15. The molecule has 3 rings (SSSR count). The fourth-order valence-corrected chi connectivity index (χ4v) is 4.42. The largest absolute Gasteiger partial charge is 0.478 e. The fraction of sp³-hybridized carbons (Fsp3) is 0.136. The van der Waals surface area contributed by atoms with Crippen LogP contribution in [0.2, 0.25) is 0 Å². The number of hydrogen-bond acceptors (Lipinski definition) is 4. The summed E-state index contributed by atoms with van der Waals surface area (Å²) in [7, 11) is -3.88. The molecule has 0 amide bonds. The number of para-hydroxylation sites is 1. The molecular formula is C22H20O5S. The second-order valence-electron chi connectivity index (χ2n) is 6.40. The molecule has 0 aliphatic rings. The van der Waals surface area contributed by atoms with Crippen molar-refractivity contribution in [2.24, 2.45) is 0 Å². The Hall–Kier alpha value is -3.12. The van der Waals surface area contributed by atoms with E-state index in [1.807, 2.05) is 43.3 Å². The zero-order valence-electron chi connectivity index (χ0n) is 15.3. The molecular weight excluding hydrogens is 376 g/mol. The maximum absolute atomic E-state index is 13.3. The van der Waals surface area contributed by atoms with Gasteiger partial charge in [-0.25, -0.2) is 13.2 Å². The van der Waals surface area contributed by atoms with Crippen molar-refractivity contribution < 1.29 is 23.1 Å². The Bertz CT molecular complexity index is 1070. The van der Waals surface area contributed by atoms with Crippen molar-refractivity contribution in [1.82, 2.24) is 0 Å². The van der Waals surface area contributed by atoms with Crippen molar-refractivity contribution in [3.05, 3.63) is 95.6 Å². The molecule has 0 aliphatic heterocycles. The van der Waals surface area contributed by atoms with Gasteiger partial charge in [-0.3, -0.25) is 0 Å². The summed E-state index contributed by atoms with van der Waals surface area (Å²) in [5, 5.41) is 9.40. The lowest BCUT2D eigenvalue weighted by atomic mass is 10.1. The average molecular weight is 396 g/mol. The fourth-order valence-electron chi connectivity index (χ4n) is 2.85. The normalized spacial score (nSPS) is 12.3. The number of rotatable bonds is 7. The first-order chi connectivity index (χ1) is 13.4. The van der Waals surface area contributed by atoms with Gasteiger partial charge in [0.05, 0.1) is 4.90 Å². The minimum Gasteiger partial charge on any atom is -0.478 e. The van der Waals surface area contributed by atoms with Gasteiger partial charge in [-0.1, -0.05) is 54.6 Å². The molecule has 0 aromatic heterocycles. The van der Waals surface area contributed by atoms with E-state index < -0.39 is 21.2 Å². The van der Waals surface area contributed by atoms with E-state index in [-0.39, 0.29) is 22.6 Å². The summed E-state index contributed by atoms with van der Waals surface area (Å²) in [4.78, 5) is 11.6. The molecule has 0 saturated carbocycles. The molecule has 5 nitrogen and oxygen atoms in total. The summed E-state index contributed by atoms with van der Waals surface area (Å²) in [5.74, 6) is -1.16. The number of carboxylic acids is 1. The van der Waals surface area contributed by atoms with Crippen LogP contribution in [0.15, 0.2) is 83.8 Å². The number of benzene rings is 3. The lowest BCUT2D eigenvalue weighted by Crippen LogP contribution is -2.30. The van der Waals surface area contributed by atoms with E-state index >= 15 is 0 Å². The van der Waals surface area contributed by atoms with Gasteiger partial charge in [0.2, 0.25) is 15.3 Å². The topological polar surface area (TPSA) is 80.7 Å². The Morgan fingerprint density at radius 3 is 2.32 bits per heavy atom. The second kappa shape index (κ2) is 8.27. The van der Waals surface area contributed by atoms with Gasteiger partial charge in [0, 0.05) is 6.42 Å². The number of hydrogen-bond donors (Lipinski definition) is 1. The van der Waals surface area contributed by atoms with Crippen LogP contribution in [-0.2, 0) is 16.3 Å². The van der Waals surface area contributed by atoms with Crippen molar-refractivity contribution in [2.75, 3.05) is 0 Å². The molecule has 0 saturated heterocycles. The van der Waals surface area contributed by atoms with Gasteiger partial charge in [-0.15, -0.1) is 0 Å². The standard InChI is InChI=1S/C22H20O5S/c1-16-8-7-11-18(14-16)28(25,26)21(15-17-9-3-2-4-10-17)27-20-13-6-5-12-19(20)22(23)24/h2-14,21H,15H2,1H3,(H,23,24). The van der Waals surface area contributed by atoms with Crippen molar-refractivity contribution in [3.63, 3.8) is 0 Å². The van der Waals surface area contributed by atoms with Crippen LogP contribution in [0.25, 0.3) is 0 Å². The van der Waals surface area contributed by atoms with Crippen molar-refractivity contribution in [2.45, 2.75) is 23.7 Å². The zero-order valence-corrected chi connectivity index (χ0v) is 16.1. The Morgan fingerprint density at radius 1 is 0.964 bits per heavy atom. The van der Waals surface area contributed by atoms with Crippen LogP contribution in [0.4, 0.5) is 0 Å². The van der Waals surface area contributed by atoms with Crippen LogP contribution < -0.4 is 4.74 Å². The molecule has 1 atom stereocenters. The number of aryl methyl sites for hydroxylation is 1. The Balaban J connectivity index is 2.04. The second-order valence-corrected chi connectivity index (χ2v) is 8.49. The van der Waals surface area contributed by atoms with E-state index in [1.54, 1.807) is 24.3 Å². The third-order valence-electron chi connectivity index (χ3n) is 4.29. The maximum atomic E-state index is 13.3.